The Hall–Kier alpha value is -2.51. The highest BCUT2D eigenvalue weighted by Crippen LogP contribution is 2.21. The standard InChI is InChI=1S/C19H21NO5S/c1-24-9-10-25-17-8-3-2-7-16(17)19(23)20-15-6-4-5-14(11-15)12-26-13-18(21)22/h2-8,11H,9-10,12-13H2,1H3,(H,20,23)(H,21,22). The van der Waals surface area contributed by atoms with Crippen molar-refractivity contribution in [3.63, 3.8) is 0 Å². The minimum Gasteiger partial charge on any atom is -0.490 e. The van der Waals surface area contributed by atoms with Crippen LogP contribution in [0.4, 0.5) is 5.69 Å². The number of ether oxygens (including phenoxy) is 2. The molecule has 2 aromatic carbocycles. The van der Waals surface area contributed by atoms with Gasteiger partial charge in [-0.05, 0) is 29.8 Å². The second-order valence-corrected chi connectivity index (χ2v) is 6.36. The van der Waals surface area contributed by atoms with E-state index in [4.69, 9.17) is 14.6 Å². The second-order valence-electron chi connectivity index (χ2n) is 5.38. The van der Waals surface area contributed by atoms with Gasteiger partial charge in [0.1, 0.15) is 12.4 Å². The Morgan fingerprint density at radius 3 is 2.69 bits per heavy atom. The topological polar surface area (TPSA) is 84.9 Å². The lowest BCUT2D eigenvalue weighted by Gasteiger charge is -2.12. The van der Waals surface area contributed by atoms with Crippen LogP contribution in [0.15, 0.2) is 48.5 Å². The van der Waals surface area contributed by atoms with E-state index in [1.807, 2.05) is 18.2 Å². The van der Waals surface area contributed by atoms with Crippen molar-refractivity contribution >= 4 is 29.3 Å². The van der Waals surface area contributed by atoms with Gasteiger partial charge in [0.25, 0.3) is 5.91 Å². The molecule has 0 bridgehead atoms. The van der Waals surface area contributed by atoms with Crippen molar-refractivity contribution in [2.45, 2.75) is 5.75 Å². The molecule has 0 aliphatic rings. The summed E-state index contributed by atoms with van der Waals surface area (Å²) in [4.78, 5) is 23.2. The fourth-order valence-electron chi connectivity index (χ4n) is 2.21. The van der Waals surface area contributed by atoms with E-state index in [0.717, 1.165) is 5.56 Å². The van der Waals surface area contributed by atoms with E-state index < -0.39 is 5.97 Å². The average molecular weight is 375 g/mol. The van der Waals surface area contributed by atoms with Crippen LogP contribution in [-0.4, -0.2) is 43.1 Å². The summed E-state index contributed by atoms with van der Waals surface area (Å²) in [6, 6.07) is 14.4. The maximum atomic E-state index is 12.6. The maximum absolute atomic E-state index is 12.6. The van der Waals surface area contributed by atoms with E-state index in [-0.39, 0.29) is 11.7 Å². The first-order valence-electron chi connectivity index (χ1n) is 8.00. The predicted molar refractivity (Wildman–Crippen MR) is 102 cm³/mol. The Balaban J connectivity index is 2.02. The number of anilines is 1. The van der Waals surface area contributed by atoms with Crippen molar-refractivity contribution in [2.75, 3.05) is 31.4 Å². The first kappa shape index (κ1) is 19.8. The molecule has 0 saturated carbocycles. The minimum absolute atomic E-state index is 0.0444. The first-order chi connectivity index (χ1) is 12.6. The van der Waals surface area contributed by atoms with Gasteiger partial charge in [0.2, 0.25) is 0 Å². The van der Waals surface area contributed by atoms with E-state index in [2.05, 4.69) is 5.32 Å². The molecule has 0 heterocycles. The third-order valence-corrected chi connectivity index (χ3v) is 4.34. The van der Waals surface area contributed by atoms with E-state index in [9.17, 15) is 9.59 Å². The minimum atomic E-state index is -0.843. The molecule has 0 aliphatic heterocycles. The smallest absolute Gasteiger partial charge is 0.313 e. The number of benzene rings is 2. The van der Waals surface area contributed by atoms with E-state index in [1.165, 1.54) is 11.8 Å². The molecule has 6 nitrogen and oxygen atoms in total. The van der Waals surface area contributed by atoms with Crippen LogP contribution in [0, 0.1) is 0 Å². The monoisotopic (exact) mass is 375 g/mol. The Bertz CT molecular complexity index is 750. The zero-order valence-corrected chi connectivity index (χ0v) is 15.3. The molecule has 0 radical (unpaired) electrons. The molecule has 0 aromatic heterocycles. The molecule has 0 aliphatic carbocycles. The van der Waals surface area contributed by atoms with Gasteiger partial charge in [-0.15, -0.1) is 11.8 Å². The lowest BCUT2D eigenvalue weighted by Crippen LogP contribution is -2.15. The van der Waals surface area contributed by atoms with Gasteiger partial charge in [-0.25, -0.2) is 0 Å². The number of methoxy groups -OCH3 is 1. The fraction of sp³-hybridized carbons (Fsp3) is 0.263. The molecule has 2 rings (SSSR count). The molecule has 0 atom stereocenters. The number of aliphatic carboxylic acids is 1. The van der Waals surface area contributed by atoms with Crippen LogP contribution in [0.2, 0.25) is 0 Å². The number of carboxylic acid groups (broad SMARTS) is 1. The number of rotatable bonds is 10. The lowest BCUT2D eigenvalue weighted by molar-refractivity contribution is -0.133. The van der Waals surface area contributed by atoms with E-state index in [0.29, 0.717) is 36.0 Å². The van der Waals surface area contributed by atoms with Crippen molar-refractivity contribution in [1.82, 2.24) is 0 Å². The molecular weight excluding hydrogens is 354 g/mol. The number of hydrogen-bond acceptors (Lipinski definition) is 5. The van der Waals surface area contributed by atoms with Crippen LogP contribution in [-0.2, 0) is 15.3 Å². The number of thioether (sulfide) groups is 1. The highest BCUT2D eigenvalue weighted by Gasteiger charge is 2.12. The normalized spacial score (nSPS) is 10.3. The van der Waals surface area contributed by atoms with Crippen LogP contribution in [0.1, 0.15) is 15.9 Å². The molecule has 2 N–H and O–H groups in total. The van der Waals surface area contributed by atoms with Crippen LogP contribution >= 0.6 is 11.8 Å². The summed E-state index contributed by atoms with van der Waals surface area (Å²) in [7, 11) is 1.59. The number of nitrogens with one attached hydrogen (secondary N) is 1. The van der Waals surface area contributed by atoms with Gasteiger partial charge in [-0.3, -0.25) is 9.59 Å². The Morgan fingerprint density at radius 1 is 1.12 bits per heavy atom. The molecule has 0 saturated heterocycles. The summed E-state index contributed by atoms with van der Waals surface area (Å²) >= 11 is 1.31. The van der Waals surface area contributed by atoms with Gasteiger partial charge in [-0.2, -0.15) is 0 Å². The largest absolute Gasteiger partial charge is 0.490 e. The maximum Gasteiger partial charge on any atom is 0.313 e. The van der Waals surface area contributed by atoms with Gasteiger partial charge in [0.15, 0.2) is 0 Å². The molecule has 26 heavy (non-hydrogen) atoms. The van der Waals surface area contributed by atoms with Gasteiger partial charge < -0.3 is 19.9 Å². The highest BCUT2D eigenvalue weighted by molar-refractivity contribution is 7.99. The first-order valence-corrected chi connectivity index (χ1v) is 9.16. The quantitative estimate of drug-likeness (QED) is 0.620. The van der Waals surface area contributed by atoms with Crippen molar-refractivity contribution in [2.24, 2.45) is 0 Å². The van der Waals surface area contributed by atoms with Gasteiger partial charge in [0.05, 0.1) is 17.9 Å². The Kier molecular flexibility index (Phi) is 7.98. The van der Waals surface area contributed by atoms with Crippen molar-refractivity contribution in [3.8, 4) is 5.75 Å². The number of carbonyl (C=O) groups excluding carboxylic acids is 1. The highest BCUT2D eigenvalue weighted by atomic mass is 32.2. The van der Waals surface area contributed by atoms with E-state index >= 15 is 0 Å². The van der Waals surface area contributed by atoms with Crippen LogP contribution < -0.4 is 10.1 Å². The molecule has 7 heteroatoms. The van der Waals surface area contributed by atoms with Gasteiger partial charge >= 0.3 is 5.97 Å². The number of carboxylic acids is 1. The molecule has 0 unspecified atom stereocenters. The van der Waals surface area contributed by atoms with Gasteiger partial charge in [-0.1, -0.05) is 24.3 Å². The summed E-state index contributed by atoms with van der Waals surface area (Å²) in [5.74, 6) is -0.0108. The number of hydrogen-bond donors (Lipinski definition) is 2. The van der Waals surface area contributed by atoms with Crippen molar-refractivity contribution in [3.05, 3.63) is 59.7 Å². The number of amides is 1. The van der Waals surface area contributed by atoms with Crippen molar-refractivity contribution < 1.29 is 24.2 Å². The van der Waals surface area contributed by atoms with Crippen LogP contribution in [0.5, 0.6) is 5.75 Å². The zero-order valence-electron chi connectivity index (χ0n) is 14.4. The number of para-hydroxylation sites is 1. The molecule has 2 aromatic rings. The van der Waals surface area contributed by atoms with Crippen LogP contribution in [0.25, 0.3) is 0 Å². The van der Waals surface area contributed by atoms with E-state index in [1.54, 1.807) is 37.4 Å². The molecular formula is C19H21NO5S. The van der Waals surface area contributed by atoms with Crippen LogP contribution in [0.3, 0.4) is 0 Å². The summed E-state index contributed by atoms with van der Waals surface area (Å²) < 4.78 is 10.5. The summed E-state index contributed by atoms with van der Waals surface area (Å²) in [5, 5.41) is 11.5. The zero-order chi connectivity index (χ0) is 18.8. The summed E-state index contributed by atoms with van der Waals surface area (Å²) in [6.45, 7) is 0.795. The molecule has 0 fully saturated rings. The predicted octanol–water partition coefficient (Wildman–Crippen LogP) is 3.28. The average Bonchev–Trinajstić information content (AvgIpc) is 2.62. The summed E-state index contributed by atoms with van der Waals surface area (Å²) in [6.07, 6.45) is 0. The third-order valence-electron chi connectivity index (χ3n) is 3.36. The molecule has 138 valence electrons. The van der Waals surface area contributed by atoms with Crippen molar-refractivity contribution in [1.29, 1.82) is 0 Å². The Labute approximate surface area is 156 Å². The number of carbonyl (C=O) groups is 2. The second kappa shape index (κ2) is 10.5. The summed E-state index contributed by atoms with van der Waals surface area (Å²) in [5.41, 5.74) is 2.03. The lowest BCUT2D eigenvalue weighted by atomic mass is 10.1. The Morgan fingerprint density at radius 2 is 1.92 bits per heavy atom. The molecule has 1 amide bonds. The SMILES string of the molecule is COCCOc1ccccc1C(=O)Nc1cccc(CSCC(=O)O)c1. The van der Waals surface area contributed by atoms with Gasteiger partial charge in [0, 0.05) is 18.6 Å². The fourth-order valence-corrected chi connectivity index (χ4v) is 2.90. The third kappa shape index (κ3) is 6.42. The molecule has 0 spiro atoms.